The number of hydrogen-bond acceptors (Lipinski definition) is 0. The summed E-state index contributed by atoms with van der Waals surface area (Å²) in [5, 5.41) is 0. The van der Waals surface area contributed by atoms with Gasteiger partial charge in [0.2, 0.25) is 34.0 Å². The molecular formula is C6H2ClF5S. The lowest BCUT2D eigenvalue weighted by Gasteiger charge is -1.97. The number of halogens is 6. The maximum Gasteiger partial charge on any atom is 0.228 e. The van der Waals surface area contributed by atoms with Crippen molar-refractivity contribution in [3.63, 3.8) is 0 Å². The van der Waals surface area contributed by atoms with Crippen molar-refractivity contribution in [1.82, 2.24) is 0 Å². The van der Waals surface area contributed by atoms with E-state index in [4.69, 9.17) is 0 Å². The van der Waals surface area contributed by atoms with Crippen molar-refractivity contribution in [2.24, 2.45) is 0 Å². The third kappa shape index (κ3) is 1.88. The van der Waals surface area contributed by atoms with Gasteiger partial charge in [0.05, 0.1) is 0 Å². The molecule has 0 unspecified atom stereocenters. The summed E-state index contributed by atoms with van der Waals surface area (Å²) in [5.41, 5.74) is 0. The molecule has 1 aromatic carbocycles. The summed E-state index contributed by atoms with van der Waals surface area (Å²) >= 11 is 2.27. The van der Waals surface area contributed by atoms with Crippen molar-refractivity contribution in [3.8, 4) is 0 Å². The predicted molar refractivity (Wildman–Crippen MR) is 34.7 cm³/mol. The van der Waals surface area contributed by atoms with Crippen LogP contribution in [0.3, 0.4) is 0 Å². The molecule has 0 atom stereocenters. The van der Waals surface area contributed by atoms with Crippen molar-refractivity contribution >= 4 is 12.6 Å². The summed E-state index contributed by atoms with van der Waals surface area (Å²) in [4.78, 5) is -1.06. The Labute approximate surface area is 81.6 Å². The van der Waals surface area contributed by atoms with Gasteiger partial charge in [-0.1, -0.05) is 0 Å². The maximum atomic E-state index is 12.4. The second-order valence-electron chi connectivity index (χ2n) is 1.94. The lowest BCUT2D eigenvalue weighted by Crippen LogP contribution is -3.00. The van der Waals surface area contributed by atoms with E-state index in [1.54, 1.807) is 0 Å². The molecule has 0 aliphatic carbocycles. The van der Waals surface area contributed by atoms with Gasteiger partial charge in [-0.15, -0.1) is 0 Å². The lowest BCUT2D eigenvalue weighted by molar-refractivity contribution is -0.00000499. The molecule has 0 saturated carbocycles. The minimum atomic E-state index is -2.16. The van der Waals surface area contributed by atoms with Crippen LogP contribution in [0.25, 0.3) is 0 Å². The Morgan fingerprint density at radius 2 is 0.846 bits per heavy atom. The van der Waals surface area contributed by atoms with E-state index in [2.05, 4.69) is 12.6 Å². The molecule has 0 nitrogen and oxygen atoms in total. The van der Waals surface area contributed by atoms with Crippen LogP contribution in [0.4, 0.5) is 22.0 Å². The monoisotopic (exact) mass is 236 g/mol. The Balaban J connectivity index is 0.00000144. The number of benzene rings is 1. The van der Waals surface area contributed by atoms with Crippen LogP contribution in [0.2, 0.25) is 0 Å². The highest BCUT2D eigenvalue weighted by Crippen LogP contribution is 2.21. The van der Waals surface area contributed by atoms with Gasteiger partial charge in [0.25, 0.3) is 0 Å². The molecule has 0 heterocycles. The van der Waals surface area contributed by atoms with Gasteiger partial charge in [-0.2, -0.15) is 8.78 Å². The number of hydrogen-bond donors (Lipinski definition) is 0. The maximum absolute atomic E-state index is 12.4. The van der Waals surface area contributed by atoms with E-state index in [9.17, 15) is 22.0 Å². The molecule has 0 aliphatic heterocycles. The molecule has 0 N–H and O–H groups in total. The van der Waals surface area contributed by atoms with Gasteiger partial charge in [-0.3, -0.25) is 0 Å². The summed E-state index contributed by atoms with van der Waals surface area (Å²) in [5.74, 6) is -9.82. The molecule has 7 heteroatoms. The van der Waals surface area contributed by atoms with Gasteiger partial charge >= 0.3 is 0 Å². The molecule has 13 heavy (non-hydrogen) atoms. The van der Waals surface area contributed by atoms with Crippen molar-refractivity contribution < 1.29 is 34.4 Å². The zero-order valence-electron chi connectivity index (χ0n) is 5.77. The smallest absolute Gasteiger partial charge is 0.228 e. The first kappa shape index (κ1) is 12.5. The van der Waals surface area contributed by atoms with Gasteiger partial charge in [0.15, 0.2) is 0 Å². The first-order valence-electron chi connectivity index (χ1n) is 2.69. The summed E-state index contributed by atoms with van der Waals surface area (Å²) in [6.07, 6.45) is 0. The van der Waals surface area contributed by atoms with Gasteiger partial charge in [-0.05, 0) is 0 Å². The molecular weight excluding hydrogens is 235 g/mol. The Kier molecular flexibility index (Phi) is 3.99. The van der Waals surface area contributed by atoms with Gasteiger partial charge in [0.1, 0.15) is 0 Å². The highest BCUT2D eigenvalue weighted by Gasteiger charge is 2.27. The van der Waals surface area contributed by atoms with Crippen LogP contribution in [0.15, 0.2) is 4.90 Å². The predicted octanol–water partition coefficient (Wildman–Crippen LogP) is -1.24. The normalized spacial score (nSPS) is 9.69. The first-order valence-corrected chi connectivity index (χ1v) is 3.19. The Morgan fingerprint density at radius 3 is 1.15 bits per heavy atom. The van der Waals surface area contributed by atoms with Gasteiger partial charge < -0.3 is 12.4 Å². The fourth-order valence-electron chi connectivity index (χ4n) is 0.605. The standard InChI is InChI=1S/C6HF5S.ClH/c7-1-2(8)4(10)6(12)5(11)3(1)9;/h12H;1H. The van der Waals surface area contributed by atoms with Gasteiger partial charge in [-0.25, -0.2) is 13.2 Å². The van der Waals surface area contributed by atoms with E-state index in [0.29, 0.717) is 0 Å². The minimum absolute atomic E-state index is 0. The largest absolute Gasteiger partial charge is 1.00 e. The summed E-state index contributed by atoms with van der Waals surface area (Å²) in [6.45, 7) is 0. The second kappa shape index (κ2) is 4.15. The minimum Gasteiger partial charge on any atom is -1.00 e. The first-order chi connectivity index (χ1) is 5.46. The summed E-state index contributed by atoms with van der Waals surface area (Å²) < 4.78 is 61.4. The highest BCUT2D eigenvalue weighted by atomic mass is 35.5. The lowest BCUT2D eigenvalue weighted by atomic mass is 10.3. The van der Waals surface area contributed by atoms with E-state index < -0.39 is 34.0 Å². The van der Waals surface area contributed by atoms with Gasteiger partial charge in [0, 0.05) is 12.6 Å². The zero-order chi connectivity index (χ0) is 9.46. The average molecular weight is 237 g/mol. The molecule has 0 amide bonds. The quantitative estimate of drug-likeness (QED) is 0.229. The molecule has 74 valence electrons. The third-order valence-electron chi connectivity index (χ3n) is 1.21. The molecule has 0 fully saturated rings. The van der Waals surface area contributed by atoms with E-state index in [1.165, 1.54) is 0 Å². The Bertz CT molecular complexity index is 235. The Morgan fingerprint density at radius 1 is 0.615 bits per heavy atom. The summed E-state index contributed by atoms with van der Waals surface area (Å²) in [6, 6.07) is 0. The van der Waals surface area contributed by atoms with E-state index in [-0.39, 0.29) is 12.4 Å². The highest BCUT2D eigenvalue weighted by molar-refractivity contribution is 7.58. The number of rotatable bonds is 0. The Hall–Kier alpha value is -0.490. The molecule has 0 aromatic heterocycles. The molecule has 0 bridgehead atoms. The molecule has 0 radical (unpaired) electrons. The molecule has 1 rings (SSSR count). The van der Waals surface area contributed by atoms with Crippen molar-refractivity contribution in [1.29, 1.82) is 0 Å². The van der Waals surface area contributed by atoms with Crippen LogP contribution in [0.5, 0.6) is 0 Å². The SMILES string of the molecule is Fc1c(F)c(F)c([SH2+])c(F)c1F.[Cl-]. The topological polar surface area (TPSA) is 0 Å². The average Bonchev–Trinajstić information content (AvgIpc) is 2.08. The second-order valence-corrected chi connectivity index (χ2v) is 2.44. The van der Waals surface area contributed by atoms with Crippen molar-refractivity contribution in [2.45, 2.75) is 4.90 Å². The van der Waals surface area contributed by atoms with E-state index in [0.717, 1.165) is 0 Å². The molecule has 1 aromatic rings. The fraction of sp³-hybridized carbons (Fsp3) is 0. The fourth-order valence-corrected chi connectivity index (χ4v) is 0.824. The van der Waals surface area contributed by atoms with E-state index in [1.807, 2.05) is 0 Å². The van der Waals surface area contributed by atoms with Crippen LogP contribution in [0, 0.1) is 29.1 Å². The van der Waals surface area contributed by atoms with Crippen LogP contribution in [-0.4, -0.2) is 0 Å². The zero-order valence-corrected chi connectivity index (χ0v) is 7.52. The van der Waals surface area contributed by atoms with Crippen LogP contribution < -0.4 is 12.4 Å². The van der Waals surface area contributed by atoms with Crippen molar-refractivity contribution in [2.75, 3.05) is 0 Å². The molecule has 0 aliphatic rings. The van der Waals surface area contributed by atoms with Crippen LogP contribution >= 0.6 is 0 Å². The van der Waals surface area contributed by atoms with Crippen LogP contribution in [-0.2, 0) is 12.6 Å². The third-order valence-corrected chi connectivity index (χ3v) is 1.65. The van der Waals surface area contributed by atoms with Crippen molar-refractivity contribution in [3.05, 3.63) is 29.1 Å². The molecule has 0 spiro atoms. The van der Waals surface area contributed by atoms with Crippen LogP contribution in [0.1, 0.15) is 0 Å². The van der Waals surface area contributed by atoms with E-state index >= 15 is 0 Å². The summed E-state index contributed by atoms with van der Waals surface area (Å²) in [7, 11) is 0. The molecule has 0 saturated heterocycles.